The van der Waals surface area contributed by atoms with Crippen molar-refractivity contribution in [2.24, 2.45) is 0 Å². The van der Waals surface area contributed by atoms with Crippen LogP contribution in [0.5, 0.6) is 0 Å². The molecule has 0 bridgehead atoms. The van der Waals surface area contributed by atoms with Crippen molar-refractivity contribution in [3.05, 3.63) is 0 Å². The summed E-state index contributed by atoms with van der Waals surface area (Å²) in [5.41, 5.74) is 0. The molecule has 0 saturated carbocycles. The zero-order chi connectivity index (χ0) is 8.27. The van der Waals surface area contributed by atoms with Gasteiger partial charge >= 0.3 is 0 Å². The first-order valence-electron chi connectivity index (χ1n) is 3.92. The number of likely N-dealkylation sites (N-methyl/N-ethyl adjacent to an activating group) is 1. The fourth-order valence-corrected chi connectivity index (χ4v) is 1.30. The first-order valence-corrected chi connectivity index (χ1v) is 3.92. The molecule has 2 N–H and O–H groups in total. The van der Waals surface area contributed by atoms with Gasteiger partial charge in [-0.1, -0.05) is 0 Å². The third-order valence-corrected chi connectivity index (χ3v) is 1.92. The highest BCUT2D eigenvalue weighted by Gasteiger charge is 2.18. The Balaban J connectivity index is 2.17. The molecule has 0 aromatic rings. The van der Waals surface area contributed by atoms with Crippen LogP contribution in [0, 0.1) is 0 Å². The van der Waals surface area contributed by atoms with E-state index in [1.165, 1.54) is 0 Å². The van der Waals surface area contributed by atoms with E-state index >= 15 is 0 Å². The normalized spacial score (nSPS) is 24.3. The molecule has 0 amide bonds. The van der Waals surface area contributed by atoms with Crippen LogP contribution in [0.1, 0.15) is 0 Å². The van der Waals surface area contributed by atoms with Crippen LogP contribution in [0.2, 0.25) is 0 Å². The van der Waals surface area contributed by atoms with E-state index in [2.05, 4.69) is 9.80 Å². The Hall–Kier alpha value is -0.160. The molecule has 0 radical (unpaired) electrons. The molecule has 1 rings (SSSR count). The van der Waals surface area contributed by atoms with Crippen LogP contribution in [-0.4, -0.2) is 66.1 Å². The molecule has 0 aromatic heterocycles. The van der Waals surface area contributed by atoms with Gasteiger partial charge in [0.25, 0.3) is 0 Å². The standard InChI is InChI=1S/C7H16N2O2/c1-8-2-3-9(6-8)4-7(11)5-10/h7,10-11H,2-6H2,1H3/t7-/m0/s1. The summed E-state index contributed by atoms with van der Waals surface area (Å²) in [5.74, 6) is 0. The van der Waals surface area contributed by atoms with E-state index in [1.807, 2.05) is 7.05 Å². The molecule has 66 valence electrons. The summed E-state index contributed by atoms with van der Waals surface area (Å²) >= 11 is 0. The minimum Gasteiger partial charge on any atom is -0.394 e. The van der Waals surface area contributed by atoms with Crippen LogP contribution in [-0.2, 0) is 0 Å². The van der Waals surface area contributed by atoms with Crippen molar-refractivity contribution >= 4 is 0 Å². The summed E-state index contributed by atoms with van der Waals surface area (Å²) in [6.45, 7) is 3.39. The number of β-amino-alcohol motifs (C(OH)–C–C–N with tert-alkyl or cyclic N) is 1. The lowest BCUT2D eigenvalue weighted by Gasteiger charge is -2.17. The van der Waals surface area contributed by atoms with Gasteiger partial charge in [0.2, 0.25) is 0 Å². The molecule has 1 saturated heterocycles. The van der Waals surface area contributed by atoms with Gasteiger partial charge in [-0.05, 0) is 7.05 Å². The van der Waals surface area contributed by atoms with Gasteiger partial charge in [0.1, 0.15) is 0 Å². The molecule has 0 aromatic carbocycles. The lowest BCUT2D eigenvalue weighted by Crippen LogP contribution is -2.33. The third-order valence-electron chi connectivity index (χ3n) is 1.92. The lowest BCUT2D eigenvalue weighted by molar-refractivity contribution is 0.0623. The maximum absolute atomic E-state index is 9.09. The van der Waals surface area contributed by atoms with Gasteiger partial charge in [-0.3, -0.25) is 9.80 Å². The first-order chi connectivity index (χ1) is 5.22. The smallest absolute Gasteiger partial charge is 0.0897 e. The number of nitrogens with zero attached hydrogens (tertiary/aromatic N) is 2. The number of hydrogen-bond acceptors (Lipinski definition) is 4. The van der Waals surface area contributed by atoms with Gasteiger partial charge < -0.3 is 10.2 Å². The second kappa shape index (κ2) is 4.01. The van der Waals surface area contributed by atoms with Crippen molar-refractivity contribution < 1.29 is 10.2 Å². The molecule has 4 heteroatoms. The molecule has 11 heavy (non-hydrogen) atoms. The summed E-state index contributed by atoms with van der Waals surface area (Å²) in [5, 5.41) is 17.7. The molecule has 1 aliphatic heterocycles. The zero-order valence-corrected chi connectivity index (χ0v) is 6.90. The van der Waals surface area contributed by atoms with Crippen molar-refractivity contribution in [3.63, 3.8) is 0 Å². The van der Waals surface area contributed by atoms with E-state index in [1.54, 1.807) is 0 Å². The SMILES string of the molecule is CN1CCN(C[C@H](O)CO)C1. The minimum atomic E-state index is -0.582. The van der Waals surface area contributed by atoms with Crippen LogP contribution in [0.15, 0.2) is 0 Å². The van der Waals surface area contributed by atoms with Crippen molar-refractivity contribution in [1.82, 2.24) is 9.80 Å². The summed E-state index contributed by atoms with van der Waals surface area (Å²) in [6.07, 6.45) is -0.582. The monoisotopic (exact) mass is 160 g/mol. The van der Waals surface area contributed by atoms with E-state index in [4.69, 9.17) is 10.2 Å². The topological polar surface area (TPSA) is 46.9 Å². The number of aliphatic hydroxyl groups is 2. The molecule has 1 heterocycles. The molecule has 4 nitrogen and oxygen atoms in total. The van der Waals surface area contributed by atoms with Gasteiger partial charge in [-0.2, -0.15) is 0 Å². The van der Waals surface area contributed by atoms with Crippen LogP contribution in [0.4, 0.5) is 0 Å². The average molecular weight is 160 g/mol. The first kappa shape index (κ1) is 8.93. The average Bonchev–Trinajstić information content (AvgIpc) is 2.35. The second-order valence-corrected chi connectivity index (χ2v) is 3.13. The molecule has 1 fully saturated rings. The minimum absolute atomic E-state index is 0.139. The van der Waals surface area contributed by atoms with Crippen LogP contribution in [0.25, 0.3) is 0 Å². The highest BCUT2D eigenvalue weighted by Crippen LogP contribution is 2.01. The van der Waals surface area contributed by atoms with Crippen molar-refractivity contribution in [1.29, 1.82) is 0 Å². The maximum Gasteiger partial charge on any atom is 0.0897 e. The largest absolute Gasteiger partial charge is 0.394 e. The van der Waals surface area contributed by atoms with Crippen LogP contribution < -0.4 is 0 Å². The van der Waals surface area contributed by atoms with E-state index in [9.17, 15) is 0 Å². The van der Waals surface area contributed by atoms with Crippen LogP contribution >= 0.6 is 0 Å². The zero-order valence-electron chi connectivity index (χ0n) is 6.90. The Morgan fingerprint density at radius 1 is 1.45 bits per heavy atom. The van der Waals surface area contributed by atoms with Crippen molar-refractivity contribution in [2.75, 3.05) is 40.0 Å². The number of hydrogen-bond donors (Lipinski definition) is 2. The molecule has 0 aliphatic carbocycles. The van der Waals surface area contributed by atoms with Crippen molar-refractivity contribution in [2.45, 2.75) is 6.10 Å². The molecule has 1 atom stereocenters. The van der Waals surface area contributed by atoms with Gasteiger partial charge in [-0.25, -0.2) is 0 Å². The Morgan fingerprint density at radius 3 is 2.64 bits per heavy atom. The quantitative estimate of drug-likeness (QED) is 0.530. The fourth-order valence-electron chi connectivity index (χ4n) is 1.30. The van der Waals surface area contributed by atoms with Gasteiger partial charge in [0, 0.05) is 19.6 Å². The summed E-state index contributed by atoms with van der Waals surface area (Å²) < 4.78 is 0. The van der Waals surface area contributed by atoms with Gasteiger partial charge in [0.15, 0.2) is 0 Å². The van der Waals surface area contributed by atoms with E-state index in [-0.39, 0.29) is 6.61 Å². The Bertz CT molecular complexity index is 121. The molecule has 1 aliphatic rings. The molecule has 0 unspecified atom stereocenters. The molecular weight excluding hydrogens is 144 g/mol. The van der Waals surface area contributed by atoms with Crippen molar-refractivity contribution in [3.8, 4) is 0 Å². The predicted octanol–water partition coefficient (Wildman–Crippen LogP) is -1.46. The van der Waals surface area contributed by atoms with E-state index in [0.29, 0.717) is 6.54 Å². The van der Waals surface area contributed by atoms with Crippen LogP contribution in [0.3, 0.4) is 0 Å². The number of rotatable bonds is 3. The van der Waals surface area contributed by atoms with E-state index in [0.717, 1.165) is 19.8 Å². The Kier molecular flexibility index (Phi) is 3.26. The lowest BCUT2D eigenvalue weighted by atomic mass is 10.3. The fraction of sp³-hybridized carbons (Fsp3) is 1.00. The highest BCUT2D eigenvalue weighted by atomic mass is 16.3. The molecule has 0 spiro atoms. The Labute approximate surface area is 67.0 Å². The third kappa shape index (κ3) is 2.75. The molecular formula is C7H16N2O2. The number of aliphatic hydroxyl groups excluding tert-OH is 2. The second-order valence-electron chi connectivity index (χ2n) is 3.13. The summed E-state index contributed by atoms with van der Waals surface area (Å²) in [7, 11) is 2.05. The van der Waals surface area contributed by atoms with Gasteiger partial charge in [-0.15, -0.1) is 0 Å². The van der Waals surface area contributed by atoms with Gasteiger partial charge in [0.05, 0.1) is 19.4 Å². The summed E-state index contributed by atoms with van der Waals surface area (Å²) in [4.78, 5) is 4.31. The highest BCUT2D eigenvalue weighted by molar-refractivity contribution is 4.70. The maximum atomic E-state index is 9.09. The predicted molar refractivity (Wildman–Crippen MR) is 42.2 cm³/mol. The Morgan fingerprint density at radius 2 is 2.18 bits per heavy atom. The summed E-state index contributed by atoms with van der Waals surface area (Å²) in [6, 6.07) is 0. The van der Waals surface area contributed by atoms with E-state index < -0.39 is 6.10 Å².